The van der Waals surface area contributed by atoms with Gasteiger partial charge >= 0.3 is 6.09 Å². The van der Waals surface area contributed by atoms with Crippen LogP contribution in [0.25, 0.3) is 0 Å². The molecule has 0 radical (unpaired) electrons. The van der Waals surface area contributed by atoms with Gasteiger partial charge in [-0.1, -0.05) is 20.4 Å². The van der Waals surface area contributed by atoms with Crippen LogP contribution in [0.15, 0.2) is 12.8 Å². The number of ether oxygens (including phenoxy) is 1. The average Bonchev–Trinajstić information content (AvgIpc) is 2.30. The lowest BCUT2D eigenvalue weighted by Gasteiger charge is -2.19. The first-order valence-electron chi connectivity index (χ1n) is 3.74. The molecule has 3 heteroatoms. The van der Waals surface area contributed by atoms with Gasteiger partial charge in [0.15, 0.2) is 0 Å². The summed E-state index contributed by atoms with van der Waals surface area (Å²) in [5, 5.41) is 0. The molecule has 1 amide bonds. The minimum atomic E-state index is -0.279. The van der Waals surface area contributed by atoms with Gasteiger partial charge in [0, 0.05) is 6.20 Å². The van der Waals surface area contributed by atoms with Crippen molar-refractivity contribution in [1.82, 2.24) is 4.90 Å². The Kier molecular flexibility index (Phi) is 2.17. The molecule has 0 saturated carbocycles. The standard InChI is InChI=1S/C8H13NO2/c1-4-9-7(6(2)3)5-11-8(9)10/h4,6-7H,1,5H2,2-3H3. The summed E-state index contributed by atoms with van der Waals surface area (Å²) in [6.45, 7) is 8.16. The molecule has 1 aliphatic heterocycles. The molecule has 1 fully saturated rings. The van der Waals surface area contributed by atoms with E-state index in [2.05, 4.69) is 20.4 Å². The zero-order valence-electron chi connectivity index (χ0n) is 6.91. The van der Waals surface area contributed by atoms with E-state index in [0.717, 1.165) is 0 Å². The predicted molar refractivity (Wildman–Crippen MR) is 42.0 cm³/mol. The topological polar surface area (TPSA) is 29.5 Å². The predicted octanol–water partition coefficient (Wildman–Crippen LogP) is 1.61. The van der Waals surface area contributed by atoms with Crippen molar-refractivity contribution in [3.63, 3.8) is 0 Å². The molecule has 0 aliphatic carbocycles. The summed E-state index contributed by atoms with van der Waals surface area (Å²) in [6.07, 6.45) is 1.25. The Morgan fingerprint density at radius 3 is 2.82 bits per heavy atom. The summed E-state index contributed by atoms with van der Waals surface area (Å²) >= 11 is 0. The summed E-state index contributed by atoms with van der Waals surface area (Å²) in [5.74, 6) is 0.416. The molecule has 0 bridgehead atoms. The minimum absolute atomic E-state index is 0.167. The number of amides is 1. The van der Waals surface area contributed by atoms with Crippen molar-refractivity contribution in [2.45, 2.75) is 19.9 Å². The second kappa shape index (κ2) is 2.95. The molecule has 1 heterocycles. The third-order valence-electron chi connectivity index (χ3n) is 1.91. The van der Waals surface area contributed by atoms with Gasteiger partial charge in [0.2, 0.25) is 0 Å². The lowest BCUT2D eigenvalue weighted by Crippen LogP contribution is -2.32. The van der Waals surface area contributed by atoms with E-state index in [1.807, 2.05) is 0 Å². The molecule has 0 N–H and O–H groups in total. The maximum atomic E-state index is 11.0. The summed E-state index contributed by atoms with van der Waals surface area (Å²) in [7, 11) is 0. The normalized spacial score (nSPS) is 24.1. The highest BCUT2D eigenvalue weighted by molar-refractivity contribution is 5.71. The van der Waals surface area contributed by atoms with E-state index in [4.69, 9.17) is 4.74 Å². The third kappa shape index (κ3) is 1.37. The van der Waals surface area contributed by atoms with Crippen LogP contribution in [0, 0.1) is 5.92 Å². The van der Waals surface area contributed by atoms with E-state index in [0.29, 0.717) is 12.5 Å². The van der Waals surface area contributed by atoms with E-state index >= 15 is 0 Å². The summed E-state index contributed by atoms with van der Waals surface area (Å²) in [5.41, 5.74) is 0. The number of carbonyl (C=O) groups is 1. The fraction of sp³-hybridized carbons (Fsp3) is 0.625. The maximum absolute atomic E-state index is 11.0. The second-order valence-corrected chi connectivity index (χ2v) is 2.98. The number of hydrogen-bond donors (Lipinski definition) is 0. The van der Waals surface area contributed by atoms with Crippen LogP contribution in [-0.4, -0.2) is 23.6 Å². The first kappa shape index (κ1) is 8.11. The van der Waals surface area contributed by atoms with E-state index in [9.17, 15) is 4.79 Å². The SMILES string of the molecule is C=CN1C(=O)OCC1C(C)C. The Hall–Kier alpha value is -0.990. The van der Waals surface area contributed by atoms with Crippen LogP contribution in [0.1, 0.15) is 13.8 Å². The molecule has 1 unspecified atom stereocenters. The van der Waals surface area contributed by atoms with Gasteiger partial charge in [-0.25, -0.2) is 4.79 Å². The number of hydrogen-bond acceptors (Lipinski definition) is 2. The molecule has 0 aromatic rings. The van der Waals surface area contributed by atoms with Crippen molar-refractivity contribution in [2.24, 2.45) is 5.92 Å². The van der Waals surface area contributed by atoms with Gasteiger partial charge in [-0.15, -0.1) is 0 Å². The van der Waals surface area contributed by atoms with Gasteiger partial charge in [0.1, 0.15) is 6.61 Å². The molecule has 0 spiro atoms. The van der Waals surface area contributed by atoms with Crippen molar-refractivity contribution < 1.29 is 9.53 Å². The fourth-order valence-corrected chi connectivity index (χ4v) is 1.17. The van der Waals surface area contributed by atoms with Crippen LogP contribution < -0.4 is 0 Å². The second-order valence-electron chi connectivity index (χ2n) is 2.98. The summed E-state index contributed by atoms with van der Waals surface area (Å²) in [4.78, 5) is 12.5. The highest BCUT2D eigenvalue weighted by Gasteiger charge is 2.32. The van der Waals surface area contributed by atoms with E-state index in [1.165, 1.54) is 6.20 Å². The maximum Gasteiger partial charge on any atom is 0.414 e. The molecule has 0 aromatic heterocycles. The Balaban J connectivity index is 2.68. The molecule has 62 valence electrons. The summed E-state index contributed by atoms with van der Waals surface area (Å²) in [6, 6.07) is 0.167. The molecular weight excluding hydrogens is 142 g/mol. The van der Waals surface area contributed by atoms with Gasteiger partial charge in [-0.3, -0.25) is 4.90 Å². The fourth-order valence-electron chi connectivity index (χ4n) is 1.17. The molecule has 1 rings (SSSR count). The van der Waals surface area contributed by atoms with Gasteiger partial charge in [-0.05, 0) is 5.92 Å². The highest BCUT2D eigenvalue weighted by atomic mass is 16.6. The number of rotatable bonds is 2. The molecule has 1 saturated heterocycles. The quantitative estimate of drug-likeness (QED) is 0.606. The van der Waals surface area contributed by atoms with Crippen molar-refractivity contribution in [3.8, 4) is 0 Å². The van der Waals surface area contributed by atoms with Crippen molar-refractivity contribution in [2.75, 3.05) is 6.61 Å². The van der Waals surface area contributed by atoms with Crippen LogP contribution in [0.4, 0.5) is 4.79 Å². The average molecular weight is 155 g/mol. The molecule has 1 aliphatic rings. The number of nitrogens with zero attached hydrogens (tertiary/aromatic N) is 1. The Bertz CT molecular complexity index is 177. The lowest BCUT2D eigenvalue weighted by atomic mass is 10.1. The van der Waals surface area contributed by atoms with Crippen molar-refractivity contribution >= 4 is 6.09 Å². The largest absolute Gasteiger partial charge is 0.447 e. The van der Waals surface area contributed by atoms with Gasteiger partial charge in [-0.2, -0.15) is 0 Å². The molecule has 1 atom stereocenters. The molecule has 0 aromatic carbocycles. The van der Waals surface area contributed by atoms with Crippen LogP contribution in [0.5, 0.6) is 0 Å². The lowest BCUT2D eigenvalue weighted by molar-refractivity contribution is 0.166. The zero-order chi connectivity index (χ0) is 8.43. The van der Waals surface area contributed by atoms with Crippen LogP contribution in [0.3, 0.4) is 0 Å². The third-order valence-corrected chi connectivity index (χ3v) is 1.91. The highest BCUT2D eigenvalue weighted by Crippen LogP contribution is 2.18. The minimum Gasteiger partial charge on any atom is -0.447 e. The van der Waals surface area contributed by atoms with Crippen LogP contribution in [-0.2, 0) is 4.74 Å². The Morgan fingerprint density at radius 1 is 1.82 bits per heavy atom. The van der Waals surface area contributed by atoms with Crippen LogP contribution in [0.2, 0.25) is 0 Å². The molecular formula is C8H13NO2. The molecule has 3 nitrogen and oxygen atoms in total. The molecule has 11 heavy (non-hydrogen) atoms. The van der Waals surface area contributed by atoms with E-state index in [-0.39, 0.29) is 12.1 Å². The Morgan fingerprint density at radius 2 is 2.45 bits per heavy atom. The van der Waals surface area contributed by atoms with Crippen molar-refractivity contribution in [1.29, 1.82) is 0 Å². The number of cyclic esters (lactones) is 1. The zero-order valence-corrected chi connectivity index (χ0v) is 6.91. The van der Waals surface area contributed by atoms with E-state index < -0.39 is 0 Å². The first-order chi connectivity index (χ1) is 5.16. The summed E-state index contributed by atoms with van der Waals surface area (Å²) < 4.78 is 4.85. The van der Waals surface area contributed by atoms with E-state index in [1.54, 1.807) is 4.90 Å². The smallest absolute Gasteiger partial charge is 0.414 e. The monoisotopic (exact) mass is 155 g/mol. The van der Waals surface area contributed by atoms with Crippen molar-refractivity contribution in [3.05, 3.63) is 12.8 Å². The first-order valence-corrected chi connectivity index (χ1v) is 3.74. The van der Waals surface area contributed by atoms with Crippen LogP contribution >= 0.6 is 0 Å². The number of carbonyl (C=O) groups excluding carboxylic acids is 1. The van der Waals surface area contributed by atoms with Gasteiger partial charge in [0.05, 0.1) is 6.04 Å². The van der Waals surface area contributed by atoms with Gasteiger partial charge in [0.25, 0.3) is 0 Å². The van der Waals surface area contributed by atoms with Gasteiger partial charge < -0.3 is 4.74 Å². The Labute approximate surface area is 66.6 Å².